The first-order chi connectivity index (χ1) is 12.5. The second kappa shape index (κ2) is 8.45. The van der Waals surface area contributed by atoms with Crippen LogP contribution in [-0.4, -0.2) is 55.3 Å². The number of halogens is 4. The zero-order valence-corrected chi connectivity index (χ0v) is 15.0. The fraction of sp³-hybridized carbons (Fsp3) is 0.529. The fourth-order valence-corrected chi connectivity index (χ4v) is 2.87. The Morgan fingerprint density at radius 2 is 1.89 bits per heavy atom. The summed E-state index contributed by atoms with van der Waals surface area (Å²) in [6, 6.07) is 2.65. The van der Waals surface area contributed by atoms with Crippen LogP contribution in [0, 0.1) is 11.7 Å². The quantitative estimate of drug-likeness (QED) is 0.800. The number of ether oxygens (including phenoxy) is 1. The van der Waals surface area contributed by atoms with E-state index in [1.165, 1.54) is 4.90 Å². The molecule has 0 aromatic heterocycles. The Bertz CT molecular complexity index is 686. The highest BCUT2D eigenvalue weighted by Gasteiger charge is 2.32. The van der Waals surface area contributed by atoms with Crippen molar-refractivity contribution in [3.63, 3.8) is 0 Å². The lowest BCUT2D eigenvalue weighted by Crippen LogP contribution is -2.44. The number of carbonyl (C=O) groups is 2. The molecule has 1 aliphatic heterocycles. The third kappa shape index (κ3) is 6.30. The van der Waals surface area contributed by atoms with E-state index >= 15 is 0 Å². The Hall–Kier alpha value is -2.52. The van der Waals surface area contributed by atoms with E-state index in [-0.39, 0.29) is 30.0 Å². The lowest BCUT2D eigenvalue weighted by molar-refractivity contribution is -0.275. The van der Waals surface area contributed by atoms with E-state index in [1.807, 2.05) is 0 Å². The molecule has 0 bridgehead atoms. The summed E-state index contributed by atoms with van der Waals surface area (Å²) in [5, 5.41) is 2.47. The summed E-state index contributed by atoms with van der Waals surface area (Å²) in [5.41, 5.74) is 0.0484. The highest BCUT2D eigenvalue weighted by Crippen LogP contribution is 2.28. The number of alkyl halides is 3. The van der Waals surface area contributed by atoms with Gasteiger partial charge in [0.15, 0.2) is 11.6 Å². The number of amides is 3. The predicted molar refractivity (Wildman–Crippen MR) is 89.7 cm³/mol. The molecular weight excluding hydrogens is 370 g/mol. The number of benzene rings is 1. The van der Waals surface area contributed by atoms with E-state index in [1.54, 1.807) is 19.0 Å². The molecule has 1 aromatic carbocycles. The standard InChI is InChI=1S/C17H21F4N3O3/c1-23(2)16(26)24-7-5-11(6-8-24)9-15(25)22-12-3-4-14(13(18)10-12)27-17(19,20)21/h3-4,10-11H,5-9H2,1-2H3,(H,22,25). The van der Waals surface area contributed by atoms with Crippen molar-refractivity contribution in [1.82, 2.24) is 9.80 Å². The molecule has 1 N–H and O–H groups in total. The van der Waals surface area contributed by atoms with Gasteiger partial charge in [-0.25, -0.2) is 9.18 Å². The minimum atomic E-state index is -4.99. The summed E-state index contributed by atoms with van der Waals surface area (Å²) in [4.78, 5) is 27.2. The minimum absolute atomic E-state index is 0.0484. The van der Waals surface area contributed by atoms with Gasteiger partial charge in [-0.05, 0) is 30.9 Å². The van der Waals surface area contributed by atoms with Crippen molar-refractivity contribution in [1.29, 1.82) is 0 Å². The van der Waals surface area contributed by atoms with Gasteiger partial charge in [0.25, 0.3) is 0 Å². The molecular formula is C17H21F4N3O3. The molecule has 27 heavy (non-hydrogen) atoms. The van der Waals surface area contributed by atoms with Gasteiger partial charge >= 0.3 is 12.4 Å². The number of hydrogen-bond acceptors (Lipinski definition) is 3. The highest BCUT2D eigenvalue weighted by atomic mass is 19.4. The van der Waals surface area contributed by atoms with Crippen molar-refractivity contribution >= 4 is 17.6 Å². The topological polar surface area (TPSA) is 61.9 Å². The summed E-state index contributed by atoms with van der Waals surface area (Å²) in [6.45, 7) is 1.10. The molecule has 1 aliphatic rings. The third-order valence-corrected chi connectivity index (χ3v) is 4.18. The number of nitrogens with one attached hydrogen (secondary N) is 1. The van der Waals surface area contributed by atoms with Crippen LogP contribution in [0.3, 0.4) is 0 Å². The van der Waals surface area contributed by atoms with Crippen LogP contribution in [0.1, 0.15) is 19.3 Å². The van der Waals surface area contributed by atoms with Crippen molar-refractivity contribution < 1.29 is 31.9 Å². The molecule has 1 fully saturated rings. The number of piperidine rings is 1. The minimum Gasteiger partial charge on any atom is -0.403 e. The molecule has 150 valence electrons. The van der Waals surface area contributed by atoms with E-state index in [4.69, 9.17) is 0 Å². The van der Waals surface area contributed by atoms with Gasteiger partial charge in [0.05, 0.1) is 0 Å². The smallest absolute Gasteiger partial charge is 0.403 e. The molecule has 10 heteroatoms. The Balaban J connectivity index is 1.84. The Morgan fingerprint density at radius 3 is 2.41 bits per heavy atom. The Kier molecular flexibility index (Phi) is 6.50. The zero-order chi connectivity index (χ0) is 20.2. The second-order valence-corrected chi connectivity index (χ2v) is 6.55. The molecule has 0 spiro atoms. The molecule has 3 amide bonds. The molecule has 1 heterocycles. The lowest BCUT2D eigenvalue weighted by Gasteiger charge is -2.33. The van der Waals surface area contributed by atoms with Crippen LogP contribution in [0.25, 0.3) is 0 Å². The van der Waals surface area contributed by atoms with E-state index in [2.05, 4.69) is 10.1 Å². The van der Waals surface area contributed by atoms with Crippen LogP contribution in [0.2, 0.25) is 0 Å². The first-order valence-electron chi connectivity index (χ1n) is 8.36. The van der Waals surface area contributed by atoms with E-state index in [0.29, 0.717) is 25.9 Å². The van der Waals surface area contributed by atoms with Gasteiger partial charge in [-0.3, -0.25) is 4.79 Å². The number of hydrogen-bond donors (Lipinski definition) is 1. The number of rotatable bonds is 4. The van der Waals surface area contributed by atoms with Gasteiger partial charge in [0.1, 0.15) is 0 Å². The molecule has 0 aliphatic carbocycles. The summed E-state index contributed by atoms with van der Waals surface area (Å²) < 4.78 is 53.6. The number of anilines is 1. The van der Waals surface area contributed by atoms with Crippen molar-refractivity contribution in [2.24, 2.45) is 5.92 Å². The van der Waals surface area contributed by atoms with Gasteiger partial charge in [-0.2, -0.15) is 0 Å². The van der Waals surface area contributed by atoms with Gasteiger partial charge in [-0.1, -0.05) is 0 Å². The summed E-state index contributed by atoms with van der Waals surface area (Å²) in [5.74, 6) is -2.47. The van der Waals surface area contributed by atoms with E-state index < -0.39 is 17.9 Å². The monoisotopic (exact) mass is 391 g/mol. The molecule has 0 unspecified atom stereocenters. The van der Waals surface area contributed by atoms with Gasteiger partial charge in [-0.15, -0.1) is 13.2 Å². The van der Waals surface area contributed by atoms with E-state index in [0.717, 1.165) is 18.2 Å². The van der Waals surface area contributed by atoms with Crippen molar-refractivity contribution in [3.05, 3.63) is 24.0 Å². The molecule has 1 saturated heterocycles. The Morgan fingerprint density at radius 1 is 1.26 bits per heavy atom. The van der Waals surface area contributed by atoms with Gasteiger partial charge in [0.2, 0.25) is 5.91 Å². The van der Waals surface area contributed by atoms with Gasteiger partial charge < -0.3 is 19.9 Å². The number of urea groups is 1. The second-order valence-electron chi connectivity index (χ2n) is 6.55. The van der Waals surface area contributed by atoms with Crippen molar-refractivity contribution in [2.75, 3.05) is 32.5 Å². The molecule has 0 atom stereocenters. The first kappa shape index (κ1) is 20.8. The highest BCUT2D eigenvalue weighted by molar-refractivity contribution is 5.90. The van der Waals surface area contributed by atoms with Crippen LogP contribution in [0.4, 0.5) is 28.0 Å². The lowest BCUT2D eigenvalue weighted by atomic mass is 9.93. The van der Waals surface area contributed by atoms with Crippen molar-refractivity contribution in [2.45, 2.75) is 25.6 Å². The fourth-order valence-electron chi connectivity index (χ4n) is 2.87. The van der Waals surface area contributed by atoms with Gasteiger partial charge in [0, 0.05) is 45.4 Å². The SMILES string of the molecule is CN(C)C(=O)N1CCC(CC(=O)Nc2ccc(OC(F)(F)F)c(F)c2)CC1. The van der Waals surface area contributed by atoms with Crippen LogP contribution in [0.5, 0.6) is 5.75 Å². The molecule has 1 aromatic rings. The molecule has 0 saturated carbocycles. The predicted octanol–water partition coefficient (Wildman–Crippen LogP) is 3.45. The number of nitrogens with zero attached hydrogens (tertiary/aromatic N) is 2. The van der Waals surface area contributed by atoms with E-state index in [9.17, 15) is 27.2 Å². The number of likely N-dealkylation sites (tertiary alicyclic amines) is 1. The maximum Gasteiger partial charge on any atom is 0.573 e. The van der Waals surface area contributed by atoms with Crippen LogP contribution >= 0.6 is 0 Å². The third-order valence-electron chi connectivity index (χ3n) is 4.18. The summed E-state index contributed by atoms with van der Waals surface area (Å²) in [7, 11) is 3.35. The Labute approximate surface area is 154 Å². The summed E-state index contributed by atoms with van der Waals surface area (Å²) >= 11 is 0. The average Bonchev–Trinajstić information content (AvgIpc) is 2.56. The normalized spacial score (nSPS) is 15.4. The van der Waals surface area contributed by atoms with Crippen LogP contribution in [-0.2, 0) is 4.79 Å². The maximum atomic E-state index is 13.7. The van der Waals surface area contributed by atoms with Crippen molar-refractivity contribution in [3.8, 4) is 5.75 Å². The average molecular weight is 391 g/mol. The maximum absolute atomic E-state index is 13.7. The molecule has 2 rings (SSSR count). The van der Waals surface area contributed by atoms with Crippen LogP contribution in [0.15, 0.2) is 18.2 Å². The molecule has 0 radical (unpaired) electrons. The summed E-state index contributed by atoms with van der Waals surface area (Å²) in [6.07, 6.45) is -3.47. The largest absolute Gasteiger partial charge is 0.573 e. The first-order valence-corrected chi connectivity index (χ1v) is 8.36. The zero-order valence-electron chi connectivity index (χ0n) is 15.0. The number of carbonyl (C=O) groups excluding carboxylic acids is 2. The van der Waals surface area contributed by atoms with Crippen LogP contribution < -0.4 is 10.1 Å². The molecule has 6 nitrogen and oxygen atoms in total.